The van der Waals surface area contributed by atoms with Gasteiger partial charge >= 0.3 is 6.18 Å². The lowest BCUT2D eigenvalue weighted by molar-refractivity contribution is -0.161. The zero-order valence-electron chi connectivity index (χ0n) is 9.42. The van der Waals surface area contributed by atoms with Crippen molar-refractivity contribution >= 4 is 33.1 Å². The van der Waals surface area contributed by atoms with Crippen LogP contribution < -0.4 is 10.5 Å². The van der Waals surface area contributed by atoms with Crippen molar-refractivity contribution in [2.24, 2.45) is 11.7 Å². The van der Waals surface area contributed by atoms with Crippen LogP contribution in [0.5, 0.6) is 5.75 Å². The molecule has 0 radical (unpaired) electrons. The number of thiocarbonyl (C=S) groups is 1. The van der Waals surface area contributed by atoms with Gasteiger partial charge in [0.25, 0.3) is 0 Å². The molecule has 7 heteroatoms. The minimum atomic E-state index is -4.49. The van der Waals surface area contributed by atoms with Crippen LogP contribution in [0.4, 0.5) is 13.2 Å². The second kappa shape index (κ2) is 5.88. The minimum absolute atomic E-state index is 0.348. The van der Waals surface area contributed by atoms with Gasteiger partial charge in [0.15, 0.2) is 0 Å². The van der Waals surface area contributed by atoms with E-state index in [1.165, 1.54) is 0 Å². The van der Waals surface area contributed by atoms with Crippen LogP contribution in [-0.4, -0.2) is 17.8 Å². The Balaban J connectivity index is 2.73. The Kier molecular flexibility index (Phi) is 4.98. The van der Waals surface area contributed by atoms with Crippen molar-refractivity contribution in [3.63, 3.8) is 0 Å². The van der Waals surface area contributed by atoms with E-state index in [1.54, 1.807) is 18.2 Å². The van der Waals surface area contributed by atoms with E-state index in [2.05, 4.69) is 28.1 Å². The number of hydrogen-bond donors (Lipinski definition) is 1. The van der Waals surface area contributed by atoms with Gasteiger partial charge in [-0.05, 0) is 30.7 Å². The number of aryl methyl sites for hydroxylation is 1. The molecule has 0 aliphatic heterocycles. The Labute approximate surface area is 116 Å². The van der Waals surface area contributed by atoms with Crippen molar-refractivity contribution in [3.8, 4) is 5.75 Å². The van der Waals surface area contributed by atoms with E-state index in [4.69, 9.17) is 10.5 Å². The Morgan fingerprint density at radius 3 is 2.56 bits per heavy atom. The van der Waals surface area contributed by atoms with Gasteiger partial charge in [-0.3, -0.25) is 0 Å². The summed E-state index contributed by atoms with van der Waals surface area (Å²) in [5.74, 6) is -1.59. The topological polar surface area (TPSA) is 35.2 Å². The zero-order valence-corrected chi connectivity index (χ0v) is 11.8. The summed E-state index contributed by atoms with van der Waals surface area (Å²) in [4.78, 5) is -0.615. The van der Waals surface area contributed by atoms with Crippen LogP contribution in [0.25, 0.3) is 0 Å². The predicted octanol–water partition coefficient (Wildman–Crippen LogP) is 3.60. The number of hydrogen-bond acceptors (Lipinski definition) is 2. The summed E-state index contributed by atoms with van der Waals surface area (Å²) in [6.07, 6.45) is -4.49. The summed E-state index contributed by atoms with van der Waals surface area (Å²) in [6, 6.07) is 4.91. The van der Waals surface area contributed by atoms with Crippen LogP contribution in [0.3, 0.4) is 0 Å². The van der Waals surface area contributed by atoms with Crippen LogP contribution in [-0.2, 0) is 0 Å². The number of alkyl halides is 3. The van der Waals surface area contributed by atoms with Gasteiger partial charge in [0.1, 0.15) is 18.3 Å². The van der Waals surface area contributed by atoms with E-state index < -0.39 is 23.7 Å². The molecule has 0 aromatic heterocycles. The molecule has 0 aliphatic carbocycles. The fraction of sp³-hybridized carbons (Fsp3) is 0.364. The van der Waals surface area contributed by atoms with Crippen LogP contribution in [0, 0.1) is 12.8 Å². The number of halogens is 4. The molecule has 0 aliphatic rings. The molecule has 18 heavy (non-hydrogen) atoms. The Morgan fingerprint density at radius 1 is 1.50 bits per heavy atom. The molecular weight excluding hydrogens is 331 g/mol. The fourth-order valence-electron chi connectivity index (χ4n) is 1.22. The first-order valence-corrected chi connectivity index (χ1v) is 6.17. The van der Waals surface area contributed by atoms with Gasteiger partial charge in [0.05, 0.1) is 4.99 Å². The maximum atomic E-state index is 12.6. The van der Waals surface area contributed by atoms with Crippen molar-refractivity contribution in [2.45, 2.75) is 13.1 Å². The molecule has 1 atom stereocenters. The van der Waals surface area contributed by atoms with Crippen LogP contribution in [0.15, 0.2) is 22.7 Å². The van der Waals surface area contributed by atoms with Crippen molar-refractivity contribution < 1.29 is 17.9 Å². The van der Waals surface area contributed by atoms with Crippen molar-refractivity contribution in [1.29, 1.82) is 0 Å². The highest BCUT2D eigenvalue weighted by Crippen LogP contribution is 2.28. The second-order valence-electron chi connectivity index (χ2n) is 3.72. The molecule has 0 spiro atoms. The lowest BCUT2D eigenvalue weighted by Gasteiger charge is -2.19. The fourth-order valence-corrected chi connectivity index (χ4v) is 1.67. The van der Waals surface area contributed by atoms with Crippen molar-refractivity contribution in [3.05, 3.63) is 28.2 Å². The summed E-state index contributed by atoms with van der Waals surface area (Å²) in [7, 11) is 0. The van der Waals surface area contributed by atoms with Crippen LogP contribution in [0.1, 0.15) is 5.56 Å². The average Bonchev–Trinajstić information content (AvgIpc) is 2.21. The molecule has 1 unspecified atom stereocenters. The molecule has 1 rings (SSSR count). The van der Waals surface area contributed by atoms with Gasteiger partial charge in [0.2, 0.25) is 0 Å². The highest BCUT2D eigenvalue weighted by atomic mass is 79.9. The van der Waals surface area contributed by atoms with Gasteiger partial charge in [-0.15, -0.1) is 0 Å². The summed E-state index contributed by atoms with van der Waals surface area (Å²) in [5.41, 5.74) is 5.93. The Hall–Kier alpha value is -0.820. The molecule has 1 aromatic rings. The third-order valence-electron chi connectivity index (χ3n) is 2.28. The number of nitrogens with two attached hydrogens (primary N) is 1. The zero-order chi connectivity index (χ0) is 13.9. The first-order valence-electron chi connectivity index (χ1n) is 4.97. The molecule has 0 fully saturated rings. The van der Waals surface area contributed by atoms with Gasteiger partial charge < -0.3 is 10.5 Å². The third-order valence-corrected chi connectivity index (χ3v) is 3.46. The van der Waals surface area contributed by atoms with Gasteiger partial charge in [-0.2, -0.15) is 13.2 Å². The third kappa shape index (κ3) is 4.13. The maximum absolute atomic E-state index is 12.6. The average molecular weight is 342 g/mol. The summed E-state index contributed by atoms with van der Waals surface area (Å²) < 4.78 is 43.6. The van der Waals surface area contributed by atoms with Crippen LogP contribution in [0.2, 0.25) is 0 Å². The van der Waals surface area contributed by atoms with Gasteiger partial charge in [-0.25, -0.2) is 0 Å². The molecule has 0 saturated heterocycles. The number of rotatable bonds is 4. The first-order chi connectivity index (χ1) is 8.21. The van der Waals surface area contributed by atoms with E-state index in [1.807, 2.05) is 6.92 Å². The monoisotopic (exact) mass is 341 g/mol. The van der Waals surface area contributed by atoms with Crippen molar-refractivity contribution in [2.75, 3.05) is 6.61 Å². The lowest BCUT2D eigenvalue weighted by Crippen LogP contribution is -2.38. The van der Waals surface area contributed by atoms with Gasteiger partial charge in [0, 0.05) is 4.47 Å². The molecule has 0 amide bonds. The molecule has 0 saturated carbocycles. The minimum Gasteiger partial charge on any atom is -0.492 e. The molecule has 0 bridgehead atoms. The standard InChI is InChI=1S/C11H11BrF3NOS/c1-6-4-7(2-3-9(6)12)17-5-8(10(16)18)11(13,14)15/h2-4,8H,5H2,1H3,(H2,16,18). The smallest absolute Gasteiger partial charge is 0.401 e. The van der Waals surface area contributed by atoms with E-state index in [-0.39, 0.29) is 0 Å². The number of benzene rings is 1. The molecule has 1 aromatic carbocycles. The van der Waals surface area contributed by atoms with Gasteiger partial charge in [-0.1, -0.05) is 28.1 Å². The molecule has 2 nitrogen and oxygen atoms in total. The Bertz CT molecular complexity index is 450. The molecular formula is C11H11BrF3NOS. The molecule has 0 heterocycles. The lowest BCUT2D eigenvalue weighted by atomic mass is 10.1. The van der Waals surface area contributed by atoms with E-state index in [0.717, 1.165) is 10.0 Å². The molecule has 100 valence electrons. The highest BCUT2D eigenvalue weighted by molar-refractivity contribution is 9.10. The highest BCUT2D eigenvalue weighted by Gasteiger charge is 2.42. The summed E-state index contributed by atoms with van der Waals surface area (Å²) in [5, 5.41) is 0. The predicted molar refractivity (Wildman–Crippen MR) is 70.7 cm³/mol. The summed E-state index contributed by atoms with van der Waals surface area (Å²) >= 11 is 7.69. The van der Waals surface area contributed by atoms with E-state index >= 15 is 0 Å². The van der Waals surface area contributed by atoms with E-state index in [9.17, 15) is 13.2 Å². The Morgan fingerprint density at radius 2 is 2.11 bits per heavy atom. The maximum Gasteiger partial charge on any atom is 0.401 e. The van der Waals surface area contributed by atoms with Crippen LogP contribution >= 0.6 is 28.1 Å². The number of ether oxygens (including phenoxy) is 1. The first kappa shape index (κ1) is 15.2. The summed E-state index contributed by atoms with van der Waals surface area (Å²) in [6.45, 7) is 1.20. The molecule has 2 N–H and O–H groups in total. The SMILES string of the molecule is Cc1cc(OCC(C(N)=S)C(F)(F)F)ccc1Br. The second-order valence-corrected chi connectivity index (χ2v) is 5.04. The van der Waals surface area contributed by atoms with Crippen molar-refractivity contribution in [1.82, 2.24) is 0 Å². The largest absolute Gasteiger partial charge is 0.492 e. The van der Waals surface area contributed by atoms with E-state index in [0.29, 0.717) is 5.75 Å². The normalized spacial score (nSPS) is 13.2. The quantitative estimate of drug-likeness (QED) is 0.850.